The van der Waals surface area contributed by atoms with Crippen molar-refractivity contribution in [3.8, 4) is 11.5 Å². The Kier molecular flexibility index (Phi) is 5.02. The Balaban J connectivity index is 2.78. The molecule has 1 aromatic rings. The first kappa shape index (κ1) is 14.8. The molecule has 0 saturated carbocycles. The van der Waals surface area contributed by atoms with Crippen molar-refractivity contribution in [2.24, 2.45) is 5.41 Å². The highest BCUT2D eigenvalue weighted by atomic mass is 79.9. The van der Waals surface area contributed by atoms with Gasteiger partial charge in [0, 0.05) is 11.9 Å². The van der Waals surface area contributed by atoms with Crippen molar-refractivity contribution in [2.75, 3.05) is 19.0 Å². The van der Waals surface area contributed by atoms with E-state index in [2.05, 4.69) is 21.2 Å². The van der Waals surface area contributed by atoms with Gasteiger partial charge >= 0.3 is 0 Å². The quantitative estimate of drug-likeness (QED) is 0.821. The molecule has 2 N–H and O–H groups in total. The lowest BCUT2D eigenvalue weighted by molar-refractivity contribution is 0.0937. The largest absolute Gasteiger partial charge is 0.507 e. The minimum Gasteiger partial charge on any atom is -0.507 e. The lowest BCUT2D eigenvalue weighted by atomic mass is 9.96. The fourth-order valence-electron chi connectivity index (χ4n) is 1.29. The number of nitrogens with one attached hydrogen (secondary N) is 1. The highest BCUT2D eigenvalue weighted by Gasteiger charge is 2.19. The third kappa shape index (κ3) is 3.91. The van der Waals surface area contributed by atoms with Gasteiger partial charge in [-0.05, 0) is 23.6 Å². The van der Waals surface area contributed by atoms with Crippen LogP contribution in [0.4, 0.5) is 0 Å². The number of phenols is 1. The Hall–Kier alpha value is -1.23. The highest BCUT2D eigenvalue weighted by molar-refractivity contribution is 9.09. The van der Waals surface area contributed by atoms with Crippen LogP contribution in [0.25, 0.3) is 0 Å². The number of ether oxygens (including phenoxy) is 1. The average molecular weight is 316 g/mol. The van der Waals surface area contributed by atoms with Gasteiger partial charge in [0.15, 0.2) is 0 Å². The molecule has 18 heavy (non-hydrogen) atoms. The molecule has 0 aliphatic carbocycles. The van der Waals surface area contributed by atoms with Gasteiger partial charge in [-0.15, -0.1) is 0 Å². The van der Waals surface area contributed by atoms with Gasteiger partial charge in [0.2, 0.25) is 0 Å². The number of rotatable bonds is 5. The number of halogens is 1. The van der Waals surface area contributed by atoms with E-state index in [1.54, 1.807) is 6.07 Å². The fourth-order valence-corrected chi connectivity index (χ4v) is 1.48. The van der Waals surface area contributed by atoms with Crippen LogP contribution in [-0.4, -0.2) is 30.0 Å². The number of carbonyl (C=O) groups excluding carboxylic acids is 1. The summed E-state index contributed by atoms with van der Waals surface area (Å²) in [5.74, 6) is 0.183. The number of hydrogen-bond acceptors (Lipinski definition) is 3. The number of methoxy groups -OCH3 is 1. The van der Waals surface area contributed by atoms with Gasteiger partial charge in [-0.25, -0.2) is 0 Å². The summed E-state index contributed by atoms with van der Waals surface area (Å²) in [6.07, 6.45) is 0. The second-order valence-electron chi connectivity index (χ2n) is 4.86. The molecular weight excluding hydrogens is 298 g/mol. The molecule has 1 amide bonds. The molecule has 0 aliphatic heterocycles. The van der Waals surface area contributed by atoms with Gasteiger partial charge in [0.05, 0.1) is 12.7 Å². The molecule has 4 nitrogen and oxygen atoms in total. The Bertz CT molecular complexity index is 432. The lowest BCUT2D eigenvalue weighted by Crippen LogP contribution is -2.34. The maximum atomic E-state index is 12.0. The molecule has 0 fully saturated rings. The maximum absolute atomic E-state index is 12.0. The Morgan fingerprint density at radius 2 is 2.17 bits per heavy atom. The third-order valence-electron chi connectivity index (χ3n) is 2.54. The lowest BCUT2D eigenvalue weighted by Gasteiger charge is -2.22. The van der Waals surface area contributed by atoms with E-state index in [0.717, 1.165) is 5.33 Å². The van der Waals surface area contributed by atoms with Crippen LogP contribution in [0.3, 0.4) is 0 Å². The molecule has 0 spiro atoms. The van der Waals surface area contributed by atoms with Crippen LogP contribution < -0.4 is 10.1 Å². The number of aromatic hydroxyl groups is 1. The summed E-state index contributed by atoms with van der Waals surface area (Å²) in [5, 5.41) is 13.2. The fraction of sp³-hybridized carbons (Fsp3) is 0.462. The molecule has 1 rings (SSSR count). The van der Waals surface area contributed by atoms with Gasteiger partial charge in [0.1, 0.15) is 11.5 Å². The van der Waals surface area contributed by atoms with E-state index >= 15 is 0 Å². The molecule has 0 heterocycles. The molecule has 0 radical (unpaired) electrons. The van der Waals surface area contributed by atoms with E-state index in [9.17, 15) is 9.90 Å². The van der Waals surface area contributed by atoms with Gasteiger partial charge in [-0.2, -0.15) is 0 Å². The normalized spacial score (nSPS) is 11.1. The van der Waals surface area contributed by atoms with Crippen LogP contribution in [0.2, 0.25) is 0 Å². The molecule has 0 atom stereocenters. The molecule has 0 aliphatic rings. The van der Waals surface area contributed by atoms with Crippen molar-refractivity contribution in [2.45, 2.75) is 13.8 Å². The maximum Gasteiger partial charge on any atom is 0.255 e. The molecule has 1 aromatic carbocycles. The van der Waals surface area contributed by atoms with Crippen LogP contribution in [-0.2, 0) is 0 Å². The number of hydrogen-bond donors (Lipinski definition) is 2. The summed E-state index contributed by atoms with van der Waals surface area (Å²) in [6, 6.07) is 4.57. The van der Waals surface area contributed by atoms with Gasteiger partial charge in [-0.3, -0.25) is 4.79 Å². The minimum absolute atomic E-state index is 0.0376. The van der Waals surface area contributed by atoms with Crippen LogP contribution in [0.15, 0.2) is 18.2 Å². The molecular formula is C13H18BrNO3. The van der Waals surface area contributed by atoms with Crippen molar-refractivity contribution in [1.29, 1.82) is 0 Å². The summed E-state index contributed by atoms with van der Waals surface area (Å²) >= 11 is 3.39. The summed E-state index contributed by atoms with van der Waals surface area (Å²) in [5.41, 5.74) is 0.184. The number of phenolic OH excluding ortho intramolecular Hbond substituents is 1. The van der Waals surface area contributed by atoms with Gasteiger partial charge in [0.25, 0.3) is 5.91 Å². The number of alkyl halides is 1. The number of carbonyl (C=O) groups is 1. The molecule has 100 valence electrons. The van der Waals surface area contributed by atoms with E-state index in [4.69, 9.17) is 4.74 Å². The summed E-state index contributed by atoms with van der Waals surface area (Å²) in [6.45, 7) is 4.59. The van der Waals surface area contributed by atoms with Crippen molar-refractivity contribution in [3.05, 3.63) is 23.8 Å². The summed E-state index contributed by atoms with van der Waals surface area (Å²) < 4.78 is 5.03. The molecule has 0 bridgehead atoms. The molecule has 0 saturated heterocycles. The first-order chi connectivity index (χ1) is 8.39. The van der Waals surface area contributed by atoms with Crippen molar-refractivity contribution >= 4 is 21.8 Å². The van der Waals surface area contributed by atoms with Crippen molar-refractivity contribution in [1.82, 2.24) is 5.32 Å². The molecule has 5 heteroatoms. The smallest absolute Gasteiger partial charge is 0.255 e. The van der Waals surface area contributed by atoms with E-state index < -0.39 is 0 Å². The second kappa shape index (κ2) is 6.09. The minimum atomic E-state index is -0.305. The first-order valence-corrected chi connectivity index (χ1v) is 6.73. The molecule has 0 unspecified atom stereocenters. The summed E-state index contributed by atoms with van der Waals surface area (Å²) in [4.78, 5) is 12.0. The second-order valence-corrected chi connectivity index (χ2v) is 5.42. The van der Waals surface area contributed by atoms with Crippen LogP contribution in [0.5, 0.6) is 11.5 Å². The van der Waals surface area contributed by atoms with Crippen LogP contribution in [0.1, 0.15) is 24.2 Å². The number of benzene rings is 1. The first-order valence-electron chi connectivity index (χ1n) is 5.61. The van der Waals surface area contributed by atoms with Crippen LogP contribution in [0, 0.1) is 5.41 Å². The zero-order valence-corrected chi connectivity index (χ0v) is 12.4. The Morgan fingerprint density at radius 1 is 1.50 bits per heavy atom. The zero-order valence-electron chi connectivity index (χ0n) is 10.8. The Morgan fingerprint density at radius 3 is 2.72 bits per heavy atom. The Labute approximate surface area is 115 Å². The van der Waals surface area contributed by atoms with Crippen molar-refractivity contribution in [3.63, 3.8) is 0 Å². The third-order valence-corrected chi connectivity index (χ3v) is 4.06. The standard InChI is InChI=1S/C13H18BrNO3/c1-13(2,7-14)8-15-12(17)10-6-9(18-3)4-5-11(10)16/h4-6,16H,7-8H2,1-3H3,(H,15,17). The topological polar surface area (TPSA) is 58.6 Å². The van der Waals surface area contributed by atoms with Gasteiger partial charge in [-0.1, -0.05) is 29.8 Å². The molecule has 0 aromatic heterocycles. The van der Waals surface area contributed by atoms with E-state index in [1.165, 1.54) is 19.2 Å². The highest BCUT2D eigenvalue weighted by Crippen LogP contribution is 2.23. The average Bonchev–Trinajstić information content (AvgIpc) is 2.36. The van der Waals surface area contributed by atoms with Crippen LogP contribution >= 0.6 is 15.9 Å². The van der Waals surface area contributed by atoms with E-state index in [-0.39, 0.29) is 22.6 Å². The predicted octanol–water partition coefficient (Wildman–Crippen LogP) is 2.55. The SMILES string of the molecule is COc1ccc(O)c(C(=O)NCC(C)(C)CBr)c1. The van der Waals surface area contributed by atoms with Gasteiger partial charge < -0.3 is 15.2 Å². The number of amides is 1. The summed E-state index contributed by atoms with van der Waals surface area (Å²) in [7, 11) is 1.52. The monoisotopic (exact) mass is 315 g/mol. The predicted molar refractivity (Wildman–Crippen MR) is 74.6 cm³/mol. The van der Waals surface area contributed by atoms with E-state index in [0.29, 0.717) is 12.3 Å². The zero-order chi connectivity index (χ0) is 13.8. The van der Waals surface area contributed by atoms with Crippen molar-refractivity contribution < 1.29 is 14.6 Å². The van der Waals surface area contributed by atoms with E-state index in [1.807, 2.05) is 13.8 Å².